The summed E-state index contributed by atoms with van der Waals surface area (Å²) in [4.78, 5) is 0. The Labute approximate surface area is 105 Å². The highest BCUT2D eigenvalue weighted by Crippen LogP contribution is 2.27. The van der Waals surface area contributed by atoms with Crippen molar-refractivity contribution in [2.24, 2.45) is 10.2 Å². The van der Waals surface area contributed by atoms with E-state index in [-0.39, 0.29) is 0 Å². The molecule has 3 nitrogen and oxygen atoms in total. The van der Waals surface area contributed by atoms with Crippen LogP contribution in [0.5, 0.6) is 0 Å². The van der Waals surface area contributed by atoms with Crippen LogP contribution in [-0.2, 0) is 0 Å². The van der Waals surface area contributed by atoms with Crippen LogP contribution in [-0.4, -0.2) is 0 Å². The number of azo groups is 1. The summed E-state index contributed by atoms with van der Waals surface area (Å²) in [5.74, 6) is 0. The molecule has 0 bridgehead atoms. The second-order valence-electron chi connectivity index (χ2n) is 3.68. The molecule has 0 saturated heterocycles. The van der Waals surface area contributed by atoms with E-state index in [9.17, 15) is 0 Å². The molecular formula is C13H12ClN3. The first-order valence-corrected chi connectivity index (χ1v) is 5.57. The Morgan fingerprint density at radius 1 is 1.00 bits per heavy atom. The summed E-state index contributed by atoms with van der Waals surface area (Å²) in [5.41, 5.74) is 8.76. The maximum Gasteiger partial charge on any atom is 0.0901 e. The van der Waals surface area contributed by atoms with Crippen LogP contribution in [0.15, 0.2) is 52.7 Å². The minimum Gasteiger partial charge on any atom is -0.399 e. The van der Waals surface area contributed by atoms with Gasteiger partial charge in [-0.2, -0.15) is 10.2 Å². The molecule has 0 aliphatic rings. The molecule has 2 aromatic carbocycles. The van der Waals surface area contributed by atoms with Gasteiger partial charge >= 0.3 is 0 Å². The van der Waals surface area contributed by atoms with Crippen LogP contribution in [0.1, 0.15) is 5.56 Å². The second kappa shape index (κ2) is 4.97. The van der Waals surface area contributed by atoms with Crippen LogP contribution in [0.4, 0.5) is 17.1 Å². The van der Waals surface area contributed by atoms with E-state index in [0.717, 1.165) is 16.9 Å². The normalized spacial score (nSPS) is 10.9. The van der Waals surface area contributed by atoms with E-state index >= 15 is 0 Å². The van der Waals surface area contributed by atoms with Crippen molar-refractivity contribution >= 4 is 28.7 Å². The lowest BCUT2D eigenvalue weighted by atomic mass is 10.2. The van der Waals surface area contributed by atoms with E-state index < -0.39 is 0 Å². The molecule has 0 unspecified atom stereocenters. The predicted octanol–water partition coefficient (Wildman–Crippen LogP) is 4.65. The van der Waals surface area contributed by atoms with Crippen LogP contribution in [0.2, 0.25) is 5.02 Å². The van der Waals surface area contributed by atoms with E-state index in [1.165, 1.54) is 0 Å². The number of nitrogens with zero attached hydrogens (tertiary/aromatic N) is 2. The Morgan fingerprint density at radius 2 is 1.71 bits per heavy atom. The van der Waals surface area contributed by atoms with Gasteiger partial charge in [-0.1, -0.05) is 17.7 Å². The molecule has 0 spiro atoms. The highest BCUT2D eigenvalue weighted by molar-refractivity contribution is 6.31. The second-order valence-corrected chi connectivity index (χ2v) is 4.08. The predicted molar refractivity (Wildman–Crippen MR) is 71.2 cm³/mol. The molecule has 0 fully saturated rings. The standard InChI is InChI=1S/C13H12ClN3/c1-9-12(14)3-2-4-13(9)17-16-11-7-5-10(15)6-8-11/h2-8H,15H2,1H3/b17-16+. The Bertz CT molecular complexity index is 547. The lowest BCUT2D eigenvalue weighted by Gasteiger charge is -2.00. The zero-order valence-electron chi connectivity index (χ0n) is 9.39. The summed E-state index contributed by atoms with van der Waals surface area (Å²) in [5, 5.41) is 8.99. The van der Waals surface area contributed by atoms with Crippen LogP contribution in [0.25, 0.3) is 0 Å². The monoisotopic (exact) mass is 245 g/mol. The molecule has 4 heteroatoms. The molecule has 0 heterocycles. The number of rotatable bonds is 2. The molecule has 2 aromatic rings. The molecule has 0 radical (unpaired) electrons. The first kappa shape index (κ1) is 11.6. The molecule has 0 saturated carbocycles. The van der Waals surface area contributed by atoms with Gasteiger partial charge in [-0.05, 0) is 48.9 Å². The van der Waals surface area contributed by atoms with Gasteiger partial charge in [-0.15, -0.1) is 0 Å². The zero-order chi connectivity index (χ0) is 12.3. The summed E-state index contributed by atoms with van der Waals surface area (Å²) < 4.78 is 0. The van der Waals surface area contributed by atoms with Crippen molar-refractivity contribution in [1.29, 1.82) is 0 Å². The number of halogens is 1. The van der Waals surface area contributed by atoms with Crippen LogP contribution < -0.4 is 5.73 Å². The minimum atomic E-state index is 0.693. The lowest BCUT2D eigenvalue weighted by Crippen LogP contribution is -1.80. The maximum absolute atomic E-state index is 6.00. The van der Waals surface area contributed by atoms with E-state index in [1.807, 2.05) is 37.3 Å². The fourth-order valence-corrected chi connectivity index (χ4v) is 1.53. The summed E-state index contributed by atoms with van der Waals surface area (Å²) in [6.07, 6.45) is 0. The fraction of sp³-hybridized carbons (Fsp3) is 0.0769. The molecular weight excluding hydrogens is 234 g/mol. The molecule has 0 aromatic heterocycles. The fourth-order valence-electron chi connectivity index (χ4n) is 1.36. The van der Waals surface area contributed by atoms with Crippen molar-refractivity contribution in [3.8, 4) is 0 Å². The molecule has 2 rings (SSSR count). The van der Waals surface area contributed by atoms with Gasteiger partial charge in [0.15, 0.2) is 0 Å². The van der Waals surface area contributed by atoms with Gasteiger partial charge in [-0.3, -0.25) is 0 Å². The summed E-state index contributed by atoms with van der Waals surface area (Å²) in [6, 6.07) is 12.8. The third-order valence-corrected chi connectivity index (χ3v) is 2.81. The third kappa shape index (κ3) is 2.82. The van der Waals surface area contributed by atoms with E-state index in [2.05, 4.69) is 10.2 Å². The van der Waals surface area contributed by atoms with Crippen molar-refractivity contribution < 1.29 is 0 Å². The lowest BCUT2D eigenvalue weighted by molar-refractivity contribution is 1.21. The number of anilines is 1. The van der Waals surface area contributed by atoms with Gasteiger partial charge < -0.3 is 5.73 Å². The topological polar surface area (TPSA) is 50.7 Å². The van der Waals surface area contributed by atoms with E-state index in [4.69, 9.17) is 17.3 Å². The quantitative estimate of drug-likeness (QED) is 0.608. The average Bonchev–Trinajstić information content (AvgIpc) is 2.33. The molecule has 2 N–H and O–H groups in total. The molecule has 0 amide bonds. The van der Waals surface area contributed by atoms with Crippen LogP contribution >= 0.6 is 11.6 Å². The average molecular weight is 246 g/mol. The van der Waals surface area contributed by atoms with Gasteiger partial charge in [0.25, 0.3) is 0 Å². The first-order valence-electron chi connectivity index (χ1n) is 5.19. The molecule has 17 heavy (non-hydrogen) atoms. The number of nitrogens with two attached hydrogens (primary N) is 1. The minimum absolute atomic E-state index is 0.693. The first-order chi connectivity index (χ1) is 8.16. The molecule has 0 atom stereocenters. The zero-order valence-corrected chi connectivity index (χ0v) is 10.1. The summed E-state index contributed by atoms with van der Waals surface area (Å²) in [7, 11) is 0. The Kier molecular flexibility index (Phi) is 3.40. The van der Waals surface area contributed by atoms with Crippen molar-refractivity contribution in [1.82, 2.24) is 0 Å². The number of hydrogen-bond acceptors (Lipinski definition) is 3. The Hall–Kier alpha value is -1.87. The molecule has 0 aliphatic carbocycles. The van der Waals surface area contributed by atoms with E-state index in [0.29, 0.717) is 10.7 Å². The number of nitrogen functional groups attached to an aromatic ring is 1. The number of hydrogen-bond donors (Lipinski definition) is 1. The largest absolute Gasteiger partial charge is 0.399 e. The van der Waals surface area contributed by atoms with Gasteiger partial charge in [-0.25, -0.2) is 0 Å². The van der Waals surface area contributed by atoms with E-state index in [1.54, 1.807) is 12.1 Å². The maximum atomic E-state index is 6.00. The van der Waals surface area contributed by atoms with Crippen molar-refractivity contribution in [2.75, 3.05) is 5.73 Å². The molecule has 0 aliphatic heterocycles. The Balaban J connectivity index is 2.26. The van der Waals surface area contributed by atoms with Crippen molar-refractivity contribution in [3.63, 3.8) is 0 Å². The van der Waals surface area contributed by atoms with Gasteiger partial charge in [0, 0.05) is 10.7 Å². The Morgan fingerprint density at radius 3 is 2.41 bits per heavy atom. The van der Waals surface area contributed by atoms with Crippen LogP contribution in [0, 0.1) is 6.92 Å². The van der Waals surface area contributed by atoms with Crippen LogP contribution in [0.3, 0.4) is 0 Å². The van der Waals surface area contributed by atoms with Crippen molar-refractivity contribution in [2.45, 2.75) is 6.92 Å². The highest BCUT2D eigenvalue weighted by Gasteiger charge is 2.00. The smallest absolute Gasteiger partial charge is 0.0901 e. The SMILES string of the molecule is Cc1c(Cl)cccc1/N=N/c1ccc(N)cc1. The highest BCUT2D eigenvalue weighted by atomic mass is 35.5. The summed E-state index contributed by atoms with van der Waals surface area (Å²) in [6.45, 7) is 1.92. The molecule has 86 valence electrons. The van der Waals surface area contributed by atoms with Gasteiger partial charge in [0.05, 0.1) is 11.4 Å². The number of benzene rings is 2. The van der Waals surface area contributed by atoms with Gasteiger partial charge in [0.2, 0.25) is 0 Å². The van der Waals surface area contributed by atoms with Gasteiger partial charge in [0.1, 0.15) is 0 Å². The third-order valence-electron chi connectivity index (χ3n) is 2.41. The summed E-state index contributed by atoms with van der Waals surface area (Å²) >= 11 is 6.00. The van der Waals surface area contributed by atoms with Crippen molar-refractivity contribution in [3.05, 3.63) is 53.1 Å².